The molecular weight excluding hydrogens is 214 g/mol. The van der Waals surface area contributed by atoms with Crippen LogP contribution in [0.1, 0.15) is 24.3 Å². The van der Waals surface area contributed by atoms with E-state index in [4.69, 9.17) is 11.6 Å². The van der Waals surface area contributed by atoms with Gasteiger partial charge >= 0.3 is 0 Å². The van der Waals surface area contributed by atoms with E-state index in [1.54, 1.807) is 11.9 Å². The first kappa shape index (κ1) is 11.9. The van der Waals surface area contributed by atoms with Crippen LogP contribution < -0.4 is 0 Å². The molecule has 0 aliphatic carbocycles. The Bertz CT molecular complexity index is 337. The number of carbonyl (C=O) groups is 1. The van der Waals surface area contributed by atoms with E-state index in [0.29, 0.717) is 18.2 Å². The Balaban J connectivity index is 2.72. The molecule has 1 amide bonds. The number of aromatic nitrogens is 2. The summed E-state index contributed by atoms with van der Waals surface area (Å²) in [5.41, 5.74) is 0.322. The van der Waals surface area contributed by atoms with Gasteiger partial charge in [-0.05, 0) is 5.92 Å². The first-order valence-electron chi connectivity index (χ1n) is 4.73. The first-order chi connectivity index (χ1) is 7.00. The summed E-state index contributed by atoms with van der Waals surface area (Å²) in [6, 6.07) is 0. The van der Waals surface area contributed by atoms with Gasteiger partial charge in [0.2, 0.25) is 0 Å². The molecule has 0 atom stereocenters. The molecule has 0 aliphatic heterocycles. The van der Waals surface area contributed by atoms with Crippen LogP contribution >= 0.6 is 11.6 Å². The van der Waals surface area contributed by atoms with Gasteiger partial charge in [0.25, 0.3) is 5.91 Å². The lowest BCUT2D eigenvalue weighted by Crippen LogP contribution is -2.30. The van der Waals surface area contributed by atoms with Crippen LogP contribution in [-0.2, 0) is 0 Å². The van der Waals surface area contributed by atoms with Gasteiger partial charge in [-0.15, -0.1) is 0 Å². The van der Waals surface area contributed by atoms with Crippen LogP contribution in [0.2, 0.25) is 5.15 Å². The molecule has 0 saturated heterocycles. The number of hydrogen-bond acceptors (Lipinski definition) is 3. The minimum Gasteiger partial charge on any atom is -0.340 e. The van der Waals surface area contributed by atoms with Gasteiger partial charge in [0, 0.05) is 13.6 Å². The van der Waals surface area contributed by atoms with Crippen LogP contribution in [-0.4, -0.2) is 34.4 Å². The Labute approximate surface area is 94.3 Å². The number of nitrogens with zero attached hydrogens (tertiary/aromatic N) is 3. The van der Waals surface area contributed by atoms with Crippen molar-refractivity contribution in [1.82, 2.24) is 14.9 Å². The Hall–Kier alpha value is -1.16. The lowest BCUT2D eigenvalue weighted by Gasteiger charge is -2.18. The molecule has 0 unspecified atom stereocenters. The van der Waals surface area contributed by atoms with Gasteiger partial charge in [-0.1, -0.05) is 25.4 Å². The smallest absolute Gasteiger partial charge is 0.273 e. The van der Waals surface area contributed by atoms with Crippen LogP contribution in [0.4, 0.5) is 0 Å². The van der Waals surface area contributed by atoms with Gasteiger partial charge < -0.3 is 4.90 Å². The Morgan fingerprint density at radius 2 is 2.13 bits per heavy atom. The SMILES string of the molecule is CC(C)CN(C)C(=O)c1cnc(Cl)cn1. The molecule has 0 saturated carbocycles. The largest absolute Gasteiger partial charge is 0.340 e. The summed E-state index contributed by atoms with van der Waals surface area (Å²) in [6.07, 6.45) is 2.76. The molecule has 1 aromatic rings. The van der Waals surface area contributed by atoms with Gasteiger partial charge in [-0.2, -0.15) is 0 Å². The third-order valence-electron chi connectivity index (χ3n) is 1.83. The molecule has 0 radical (unpaired) electrons. The van der Waals surface area contributed by atoms with Gasteiger partial charge in [-0.3, -0.25) is 4.79 Å². The van der Waals surface area contributed by atoms with Gasteiger partial charge in [0.15, 0.2) is 0 Å². The van der Waals surface area contributed by atoms with Crippen LogP contribution in [0.5, 0.6) is 0 Å². The maximum atomic E-state index is 11.8. The maximum Gasteiger partial charge on any atom is 0.273 e. The summed E-state index contributed by atoms with van der Waals surface area (Å²) in [7, 11) is 1.75. The lowest BCUT2D eigenvalue weighted by atomic mass is 10.2. The summed E-state index contributed by atoms with van der Waals surface area (Å²) >= 11 is 5.58. The molecule has 5 heteroatoms. The van der Waals surface area contributed by atoms with E-state index in [9.17, 15) is 4.79 Å². The van der Waals surface area contributed by atoms with E-state index in [1.165, 1.54) is 12.4 Å². The maximum absolute atomic E-state index is 11.8. The molecule has 0 aliphatic rings. The fourth-order valence-electron chi connectivity index (χ4n) is 1.25. The van der Waals surface area contributed by atoms with Crippen molar-refractivity contribution in [3.8, 4) is 0 Å². The predicted octanol–water partition coefficient (Wildman–Crippen LogP) is 1.86. The highest BCUT2D eigenvalue weighted by molar-refractivity contribution is 6.29. The van der Waals surface area contributed by atoms with Crippen molar-refractivity contribution in [3.05, 3.63) is 23.2 Å². The minimum atomic E-state index is -0.132. The second-order valence-electron chi connectivity index (χ2n) is 3.80. The molecule has 82 valence electrons. The van der Waals surface area contributed by atoms with Gasteiger partial charge in [0.1, 0.15) is 10.8 Å². The van der Waals surface area contributed by atoms with E-state index >= 15 is 0 Å². The van der Waals surface area contributed by atoms with E-state index in [0.717, 1.165) is 0 Å². The highest BCUT2D eigenvalue weighted by atomic mass is 35.5. The number of hydrogen-bond donors (Lipinski definition) is 0. The number of rotatable bonds is 3. The third-order valence-corrected chi connectivity index (χ3v) is 2.02. The van der Waals surface area contributed by atoms with Crippen molar-refractivity contribution in [2.45, 2.75) is 13.8 Å². The lowest BCUT2D eigenvalue weighted by molar-refractivity contribution is 0.0773. The zero-order valence-electron chi connectivity index (χ0n) is 9.07. The summed E-state index contributed by atoms with van der Waals surface area (Å²) in [5, 5.41) is 0.290. The minimum absolute atomic E-state index is 0.132. The zero-order valence-corrected chi connectivity index (χ0v) is 9.82. The zero-order chi connectivity index (χ0) is 11.4. The first-order valence-corrected chi connectivity index (χ1v) is 5.11. The average Bonchev–Trinajstić information content (AvgIpc) is 2.17. The van der Waals surface area contributed by atoms with E-state index < -0.39 is 0 Å². The van der Waals surface area contributed by atoms with Crippen LogP contribution in [0.3, 0.4) is 0 Å². The summed E-state index contributed by atoms with van der Waals surface area (Å²) in [5.74, 6) is 0.298. The molecule has 1 rings (SSSR count). The highest BCUT2D eigenvalue weighted by Gasteiger charge is 2.14. The molecule has 0 bridgehead atoms. The van der Waals surface area contributed by atoms with Crippen molar-refractivity contribution in [2.75, 3.05) is 13.6 Å². The molecule has 0 spiro atoms. The highest BCUT2D eigenvalue weighted by Crippen LogP contribution is 2.05. The predicted molar refractivity (Wildman–Crippen MR) is 58.8 cm³/mol. The second-order valence-corrected chi connectivity index (χ2v) is 4.19. The molecule has 0 N–H and O–H groups in total. The molecule has 1 heterocycles. The summed E-state index contributed by atoms with van der Waals surface area (Å²) in [4.78, 5) is 21.1. The van der Waals surface area contributed by atoms with Gasteiger partial charge in [-0.25, -0.2) is 9.97 Å². The Morgan fingerprint density at radius 1 is 1.47 bits per heavy atom. The molecule has 15 heavy (non-hydrogen) atoms. The van der Waals surface area contributed by atoms with Crippen LogP contribution in [0.25, 0.3) is 0 Å². The molecule has 4 nitrogen and oxygen atoms in total. The van der Waals surface area contributed by atoms with E-state index in [1.807, 2.05) is 0 Å². The van der Waals surface area contributed by atoms with Crippen molar-refractivity contribution < 1.29 is 4.79 Å². The Kier molecular flexibility index (Phi) is 4.03. The third kappa shape index (κ3) is 3.47. The topological polar surface area (TPSA) is 46.1 Å². The van der Waals surface area contributed by atoms with Crippen molar-refractivity contribution >= 4 is 17.5 Å². The molecule has 1 aromatic heterocycles. The van der Waals surface area contributed by atoms with Crippen molar-refractivity contribution in [2.24, 2.45) is 5.92 Å². The standard InChI is InChI=1S/C10H14ClN3O/c1-7(2)6-14(3)10(15)8-4-13-9(11)5-12-8/h4-5,7H,6H2,1-3H3. The Morgan fingerprint density at radius 3 is 2.60 bits per heavy atom. The van der Waals surface area contributed by atoms with Gasteiger partial charge in [0.05, 0.1) is 12.4 Å². The fourth-order valence-corrected chi connectivity index (χ4v) is 1.35. The quantitative estimate of drug-likeness (QED) is 0.792. The number of carbonyl (C=O) groups excluding carboxylic acids is 1. The number of amides is 1. The average molecular weight is 228 g/mol. The van der Waals surface area contributed by atoms with Crippen molar-refractivity contribution in [1.29, 1.82) is 0 Å². The molecule has 0 aromatic carbocycles. The van der Waals surface area contributed by atoms with Crippen LogP contribution in [0.15, 0.2) is 12.4 Å². The molecular formula is C10H14ClN3O. The summed E-state index contributed by atoms with van der Waals surface area (Å²) < 4.78 is 0. The van der Waals surface area contributed by atoms with E-state index in [-0.39, 0.29) is 11.1 Å². The molecule has 0 fully saturated rings. The van der Waals surface area contributed by atoms with E-state index in [2.05, 4.69) is 23.8 Å². The number of halogens is 1. The van der Waals surface area contributed by atoms with Crippen LogP contribution in [0, 0.1) is 5.92 Å². The van der Waals surface area contributed by atoms with Crippen molar-refractivity contribution in [3.63, 3.8) is 0 Å². The fraction of sp³-hybridized carbons (Fsp3) is 0.500. The normalized spacial score (nSPS) is 10.5. The monoisotopic (exact) mass is 227 g/mol. The second kappa shape index (κ2) is 5.07. The summed E-state index contributed by atoms with van der Waals surface area (Å²) in [6.45, 7) is 4.80.